The Kier molecular flexibility index (Phi) is 3.82. The van der Waals surface area contributed by atoms with Gasteiger partial charge in [0, 0.05) is 24.8 Å². The van der Waals surface area contributed by atoms with Gasteiger partial charge in [-0.15, -0.1) is 0 Å². The lowest BCUT2D eigenvalue weighted by Crippen LogP contribution is -2.27. The number of aromatic nitrogens is 2. The Hall–Kier alpha value is -2.76. The van der Waals surface area contributed by atoms with Crippen LogP contribution in [0, 0.1) is 19.7 Å². The van der Waals surface area contributed by atoms with Crippen molar-refractivity contribution in [3.05, 3.63) is 58.7 Å². The topological polar surface area (TPSA) is 59.2 Å². The summed E-state index contributed by atoms with van der Waals surface area (Å²) in [6.07, 6.45) is 0. The van der Waals surface area contributed by atoms with E-state index in [0.717, 1.165) is 0 Å². The first-order valence-corrected chi connectivity index (χ1v) is 7.20. The van der Waals surface area contributed by atoms with Crippen LogP contribution in [0.25, 0.3) is 11.1 Å². The first-order chi connectivity index (χ1) is 11.0. The van der Waals surface area contributed by atoms with Gasteiger partial charge in [-0.25, -0.2) is 9.37 Å². The molecule has 0 atom stereocenters. The fourth-order valence-electron chi connectivity index (χ4n) is 2.55. The maximum atomic E-state index is 13.8. The highest BCUT2D eigenvalue weighted by Gasteiger charge is 2.21. The van der Waals surface area contributed by atoms with Gasteiger partial charge in [0.25, 0.3) is 11.6 Å². The largest absolute Gasteiger partial charge is 0.337 e. The van der Waals surface area contributed by atoms with Crippen LogP contribution in [0.15, 0.2) is 34.9 Å². The van der Waals surface area contributed by atoms with Crippen LogP contribution in [-0.4, -0.2) is 28.0 Å². The minimum Gasteiger partial charge on any atom is -0.337 e. The highest BCUT2D eigenvalue weighted by molar-refractivity contribution is 6.05. The fraction of sp³-hybridized carbons (Fsp3) is 0.235. The summed E-state index contributed by atoms with van der Waals surface area (Å²) in [5.41, 5.74) is 2.54. The van der Waals surface area contributed by atoms with Crippen LogP contribution in [0.4, 0.5) is 4.39 Å². The number of nitrogens with zero attached hydrogens (tertiary/aromatic N) is 3. The maximum absolute atomic E-state index is 13.8. The van der Waals surface area contributed by atoms with Gasteiger partial charge >= 0.3 is 0 Å². The molecule has 0 bridgehead atoms. The third-order valence-electron chi connectivity index (χ3n) is 3.69. The van der Waals surface area contributed by atoms with Crippen molar-refractivity contribution in [2.75, 3.05) is 7.05 Å². The predicted molar refractivity (Wildman–Crippen MR) is 83.5 cm³/mol. The SMILES string of the molecule is Cc1cc(C(=O)N(C)Cc2ccccc2F)c2c(C)noc2n1. The monoisotopic (exact) mass is 313 g/mol. The van der Waals surface area contributed by atoms with E-state index in [1.54, 1.807) is 45.2 Å². The molecule has 1 amide bonds. The Bertz CT molecular complexity index is 889. The molecule has 23 heavy (non-hydrogen) atoms. The standard InChI is InChI=1S/C17H16FN3O2/c1-10-8-13(15-11(2)20-23-16(15)19-10)17(22)21(3)9-12-6-4-5-7-14(12)18/h4-8H,9H2,1-3H3. The lowest BCUT2D eigenvalue weighted by atomic mass is 10.1. The van der Waals surface area contributed by atoms with Crippen molar-refractivity contribution < 1.29 is 13.7 Å². The Morgan fingerprint density at radius 1 is 1.30 bits per heavy atom. The average molecular weight is 313 g/mol. The van der Waals surface area contributed by atoms with Crippen molar-refractivity contribution in [2.24, 2.45) is 0 Å². The van der Waals surface area contributed by atoms with Crippen molar-refractivity contribution in [1.82, 2.24) is 15.0 Å². The van der Waals surface area contributed by atoms with Crippen LogP contribution in [0.2, 0.25) is 0 Å². The second kappa shape index (κ2) is 5.79. The van der Waals surface area contributed by atoms with E-state index in [1.807, 2.05) is 0 Å². The molecule has 0 spiro atoms. The van der Waals surface area contributed by atoms with E-state index in [-0.39, 0.29) is 18.3 Å². The minimum absolute atomic E-state index is 0.179. The summed E-state index contributed by atoms with van der Waals surface area (Å²) in [7, 11) is 1.64. The number of fused-ring (bicyclic) bond motifs is 1. The van der Waals surface area contributed by atoms with Crippen LogP contribution in [-0.2, 0) is 6.54 Å². The number of halogens is 1. The molecule has 0 N–H and O–H groups in total. The molecular formula is C17H16FN3O2. The van der Waals surface area contributed by atoms with E-state index < -0.39 is 0 Å². The molecule has 0 aliphatic carbocycles. The van der Waals surface area contributed by atoms with Gasteiger partial charge in [-0.3, -0.25) is 4.79 Å². The summed E-state index contributed by atoms with van der Waals surface area (Å²) in [6.45, 7) is 3.72. The zero-order chi connectivity index (χ0) is 16.6. The quantitative estimate of drug-likeness (QED) is 0.745. The van der Waals surface area contributed by atoms with Crippen molar-refractivity contribution in [2.45, 2.75) is 20.4 Å². The summed E-state index contributed by atoms with van der Waals surface area (Å²) < 4.78 is 18.9. The third kappa shape index (κ3) is 2.79. The molecule has 5 nitrogen and oxygen atoms in total. The van der Waals surface area contributed by atoms with E-state index in [1.165, 1.54) is 11.0 Å². The second-order valence-electron chi connectivity index (χ2n) is 5.51. The van der Waals surface area contributed by atoms with E-state index in [9.17, 15) is 9.18 Å². The Morgan fingerprint density at radius 2 is 2.04 bits per heavy atom. The van der Waals surface area contributed by atoms with E-state index in [0.29, 0.717) is 33.6 Å². The van der Waals surface area contributed by atoms with Gasteiger partial charge in [-0.2, -0.15) is 0 Å². The smallest absolute Gasteiger partial charge is 0.258 e. The number of rotatable bonds is 3. The fourth-order valence-corrected chi connectivity index (χ4v) is 2.55. The molecule has 2 aromatic heterocycles. The highest BCUT2D eigenvalue weighted by atomic mass is 19.1. The predicted octanol–water partition coefficient (Wildman–Crippen LogP) is 3.25. The molecule has 0 saturated heterocycles. The van der Waals surface area contributed by atoms with Gasteiger partial charge in [-0.1, -0.05) is 23.4 Å². The molecule has 0 aliphatic heterocycles. The molecule has 0 radical (unpaired) electrons. The number of benzene rings is 1. The molecule has 0 aliphatic rings. The van der Waals surface area contributed by atoms with Gasteiger partial charge in [-0.05, 0) is 26.0 Å². The summed E-state index contributed by atoms with van der Waals surface area (Å²) in [5, 5.41) is 4.47. The van der Waals surface area contributed by atoms with Gasteiger partial charge in [0.15, 0.2) is 0 Å². The Balaban J connectivity index is 1.97. The summed E-state index contributed by atoms with van der Waals surface area (Å²) in [5.74, 6) is -0.556. The van der Waals surface area contributed by atoms with Gasteiger partial charge < -0.3 is 9.42 Å². The molecule has 3 aromatic rings. The molecule has 1 aromatic carbocycles. The number of carbonyl (C=O) groups is 1. The van der Waals surface area contributed by atoms with Crippen LogP contribution in [0.1, 0.15) is 27.3 Å². The van der Waals surface area contributed by atoms with E-state index >= 15 is 0 Å². The van der Waals surface area contributed by atoms with Gasteiger partial charge in [0.1, 0.15) is 5.82 Å². The lowest BCUT2D eigenvalue weighted by molar-refractivity contribution is 0.0785. The van der Waals surface area contributed by atoms with Crippen molar-refractivity contribution in [3.8, 4) is 0 Å². The molecule has 3 rings (SSSR count). The normalized spacial score (nSPS) is 11.0. The number of hydrogen-bond donors (Lipinski definition) is 0. The summed E-state index contributed by atoms with van der Waals surface area (Å²) in [6, 6.07) is 8.11. The number of hydrogen-bond acceptors (Lipinski definition) is 4. The Labute approximate surface area is 132 Å². The molecule has 0 fully saturated rings. The Morgan fingerprint density at radius 3 is 2.78 bits per heavy atom. The van der Waals surface area contributed by atoms with E-state index in [4.69, 9.17) is 4.52 Å². The van der Waals surface area contributed by atoms with Crippen molar-refractivity contribution in [3.63, 3.8) is 0 Å². The average Bonchev–Trinajstić information content (AvgIpc) is 2.89. The van der Waals surface area contributed by atoms with Crippen LogP contribution >= 0.6 is 0 Å². The summed E-state index contributed by atoms with van der Waals surface area (Å²) >= 11 is 0. The zero-order valence-corrected chi connectivity index (χ0v) is 13.1. The van der Waals surface area contributed by atoms with Crippen LogP contribution in [0.5, 0.6) is 0 Å². The van der Waals surface area contributed by atoms with Crippen molar-refractivity contribution in [1.29, 1.82) is 0 Å². The number of pyridine rings is 1. The minimum atomic E-state index is -0.329. The van der Waals surface area contributed by atoms with Crippen LogP contribution in [0.3, 0.4) is 0 Å². The first-order valence-electron chi connectivity index (χ1n) is 7.20. The molecule has 118 valence electrons. The van der Waals surface area contributed by atoms with Gasteiger partial charge in [0.05, 0.1) is 16.6 Å². The third-order valence-corrected chi connectivity index (χ3v) is 3.69. The molecule has 2 heterocycles. The van der Waals surface area contributed by atoms with E-state index in [2.05, 4.69) is 10.1 Å². The zero-order valence-electron chi connectivity index (χ0n) is 13.1. The van der Waals surface area contributed by atoms with Crippen molar-refractivity contribution >= 4 is 17.0 Å². The molecule has 0 saturated carbocycles. The maximum Gasteiger partial charge on any atom is 0.258 e. The second-order valence-corrected chi connectivity index (χ2v) is 5.51. The number of aryl methyl sites for hydroxylation is 2. The number of carbonyl (C=O) groups excluding carboxylic acids is 1. The van der Waals surface area contributed by atoms with Gasteiger partial charge in [0.2, 0.25) is 0 Å². The van der Waals surface area contributed by atoms with Crippen LogP contribution < -0.4 is 0 Å². The number of amides is 1. The first kappa shape index (κ1) is 15.1. The molecular weight excluding hydrogens is 297 g/mol. The molecule has 0 unspecified atom stereocenters. The lowest BCUT2D eigenvalue weighted by Gasteiger charge is -2.18. The summed E-state index contributed by atoms with van der Waals surface area (Å²) in [4.78, 5) is 18.5. The highest BCUT2D eigenvalue weighted by Crippen LogP contribution is 2.23. The molecule has 6 heteroatoms.